The lowest BCUT2D eigenvalue weighted by atomic mass is 9.89. The first-order valence-electron chi connectivity index (χ1n) is 7.59. The zero-order chi connectivity index (χ0) is 15.6. The van der Waals surface area contributed by atoms with Gasteiger partial charge in [0, 0.05) is 13.1 Å². The van der Waals surface area contributed by atoms with Gasteiger partial charge in [-0.2, -0.15) is 4.37 Å². The van der Waals surface area contributed by atoms with Gasteiger partial charge in [0.2, 0.25) is 0 Å². The molecule has 2 heterocycles. The summed E-state index contributed by atoms with van der Waals surface area (Å²) < 4.78 is 28.6. The minimum Gasteiger partial charge on any atom is -0.382 e. The fourth-order valence-electron chi connectivity index (χ4n) is 2.91. The van der Waals surface area contributed by atoms with Crippen LogP contribution in [0.15, 0.2) is 4.90 Å². The molecular formula is C14H25N3O2S2. The lowest BCUT2D eigenvalue weighted by Gasteiger charge is -2.22. The molecule has 2 N–H and O–H groups in total. The van der Waals surface area contributed by atoms with Crippen molar-refractivity contribution < 1.29 is 8.42 Å². The van der Waals surface area contributed by atoms with E-state index in [1.807, 2.05) is 0 Å². The van der Waals surface area contributed by atoms with Crippen molar-refractivity contribution in [3.8, 4) is 0 Å². The number of hydrogen-bond acceptors (Lipinski definition) is 6. The van der Waals surface area contributed by atoms with Crippen molar-refractivity contribution in [2.24, 2.45) is 11.8 Å². The van der Waals surface area contributed by atoms with Crippen LogP contribution in [0.1, 0.15) is 40.0 Å². The number of anilines is 2. The highest BCUT2D eigenvalue weighted by atomic mass is 32.2. The maximum absolute atomic E-state index is 12.3. The number of nitrogens with two attached hydrogens (primary N) is 1. The van der Waals surface area contributed by atoms with E-state index in [2.05, 4.69) is 23.1 Å². The first-order valence-corrected chi connectivity index (χ1v) is 10.0. The van der Waals surface area contributed by atoms with E-state index in [4.69, 9.17) is 5.73 Å². The second-order valence-electron chi connectivity index (χ2n) is 6.03. The van der Waals surface area contributed by atoms with Gasteiger partial charge in [-0.15, -0.1) is 0 Å². The third-order valence-corrected chi connectivity index (χ3v) is 7.19. The molecule has 1 fully saturated rings. The van der Waals surface area contributed by atoms with Gasteiger partial charge in [-0.3, -0.25) is 0 Å². The normalized spacial score (nSPS) is 20.8. The Kier molecular flexibility index (Phi) is 5.14. The van der Waals surface area contributed by atoms with Gasteiger partial charge in [-0.1, -0.05) is 20.8 Å². The predicted octanol–water partition coefficient (Wildman–Crippen LogP) is 2.78. The van der Waals surface area contributed by atoms with E-state index in [1.54, 1.807) is 6.92 Å². The molecule has 0 bridgehead atoms. The summed E-state index contributed by atoms with van der Waals surface area (Å²) in [5.41, 5.74) is 5.82. The molecular weight excluding hydrogens is 306 g/mol. The van der Waals surface area contributed by atoms with Crippen molar-refractivity contribution in [1.29, 1.82) is 0 Å². The van der Waals surface area contributed by atoms with E-state index < -0.39 is 9.84 Å². The number of nitrogen functional groups attached to an aromatic ring is 1. The lowest BCUT2D eigenvalue weighted by molar-refractivity contribution is 0.351. The number of aromatic nitrogens is 1. The van der Waals surface area contributed by atoms with Gasteiger partial charge >= 0.3 is 0 Å². The third-order valence-electron chi connectivity index (χ3n) is 4.35. The summed E-state index contributed by atoms with van der Waals surface area (Å²) in [7, 11) is -3.33. The first-order chi connectivity index (χ1) is 9.86. The molecule has 1 saturated heterocycles. The molecule has 1 aromatic heterocycles. The Morgan fingerprint density at radius 3 is 2.71 bits per heavy atom. The number of hydrogen-bond donors (Lipinski definition) is 1. The summed E-state index contributed by atoms with van der Waals surface area (Å²) in [6, 6.07) is 0. The highest BCUT2D eigenvalue weighted by molar-refractivity contribution is 7.91. The Labute approximate surface area is 131 Å². The summed E-state index contributed by atoms with van der Waals surface area (Å²) in [4.78, 5) is 2.41. The monoisotopic (exact) mass is 331 g/mol. The van der Waals surface area contributed by atoms with Crippen LogP contribution in [-0.4, -0.2) is 31.6 Å². The Hall–Kier alpha value is -0.820. The Balaban J connectivity index is 2.27. The van der Waals surface area contributed by atoms with Crippen molar-refractivity contribution in [3.63, 3.8) is 0 Å². The van der Waals surface area contributed by atoms with Crippen LogP contribution in [0, 0.1) is 11.8 Å². The van der Waals surface area contributed by atoms with Crippen molar-refractivity contribution in [1.82, 2.24) is 4.37 Å². The molecule has 1 aliphatic heterocycles. The van der Waals surface area contributed by atoms with Crippen LogP contribution < -0.4 is 10.6 Å². The molecule has 1 aliphatic rings. The molecule has 2 rings (SSSR count). The van der Waals surface area contributed by atoms with E-state index in [0.717, 1.165) is 30.9 Å². The molecule has 1 unspecified atom stereocenters. The van der Waals surface area contributed by atoms with Crippen LogP contribution in [0.3, 0.4) is 0 Å². The van der Waals surface area contributed by atoms with Crippen molar-refractivity contribution in [2.45, 2.75) is 44.9 Å². The number of sulfone groups is 1. The maximum Gasteiger partial charge on any atom is 0.184 e. The van der Waals surface area contributed by atoms with Crippen LogP contribution in [0.4, 0.5) is 10.8 Å². The Bertz CT molecular complexity index is 581. The van der Waals surface area contributed by atoms with Crippen LogP contribution in [0.5, 0.6) is 0 Å². The lowest BCUT2D eigenvalue weighted by Crippen LogP contribution is -2.25. The molecule has 0 aliphatic carbocycles. The minimum atomic E-state index is -3.33. The van der Waals surface area contributed by atoms with Crippen LogP contribution in [-0.2, 0) is 9.84 Å². The molecule has 1 atom stereocenters. The summed E-state index contributed by atoms with van der Waals surface area (Å²) in [6.45, 7) is 7.94. The van der Waals surface area contributed by atoms with Crippen LogP contribution in [0.25, 0.3) is 0 Å². The third kappa shape index (κ3) is 3.51. The van der Waals surface area contributed by atoms with Crippen LogP contribution >= 0.6 is 11.5 Å². The van der Waals surface area contributed by atoms with E-state index in [9.17, 15) is 8.42 Å². The van der Waals surface area contributed by atoms with Gasteiger partial charge in [0.25, 0.3) is 0 Å². The second kappa shape index (κ2) is 6.52. The molecule has 0 radical (unpaired) electrons. The Morgan fingerprint density at radius 2 is 2.10 bits per heavy atom. The average Bonchev–Trinajstić information content (AvgIpc) is 2.67. The summed E-state index contributed by atoms with van der Waals surface area (Å²) >= 11 is 1.22. The van der Waals surface area contributed by atoms with Gasteiger partial charge < -0.3 is 10.6 Å². The average molecular weight is 332 g/mol. The topological polar surface area (TPSA) is 76.3 Å². The number of nitrogens with zero attached hydrogens (tertiary/aromatic N) is 2. The van der Waals surface area contributed by atoms with Gasteiger partial charge in [0.1, 0.15) is 9.90 Å². The highest BCUT2D eigenvalue weighted by Crippen LogP contribution is 2.37. The fourth-order valence-corrected chi connectivity index (χ4v) is 5.28. The second-order valence-corrected chi connectivity index (χ2v) is 8.99. The highest BCUT2D eigenvalue weighted by Gasteiger charge is 2.29. The molecule has 21 heavy (non-hydrogen) atoms. The maximum atomic E-state index is 12.3. The molecule has 5 nitrogen and oxygen atoms in total. The number of rotatable bonds is 4. The van der Waals surface area contributed by atoms with Crippen molar-refractivity contribution >= 4 is 32.2 Å². The van der Waals surface area contributed by atoms with E-state index in [0.29, 0.717) is 11.8 Å². The zero-order valence-electron chi connectivity index (χ0n) is 13.0. The van der Waals surface area contributed by atoms with Gasteiger partial charge in [-0.25, -0.2) is 8.42 Å². The Morgan fingerprint density at radius 1 is 1.38 bits per heavy atom. The molecule has 1 aromatic rings. The van der Waals surface area contributed by atoms with E-state index in [1.165, 1.54) is 18.0 Å². The standard InChI is InChI=1S/C14H25N3O2S2/c1-4-21(18,19)12-13(15)16-20-14(12)17-8-5-6-11(7-9-17)10(2)3/h10-11H,4-9H2,1-3H3,(H2,15,16). The summed E-state index contributed by atoms with van der Waals surface area (Å²) in [5, 5.41) is 0.735. The largest absolute Gasteiger partial charge is 0.382 e. The van der Waals surface area contributed by atoms with E-state index in [-0.39, 0.29) is 16.5 Å². The minimum absolute atomic E-state index is 0.0606. The molecule has 0 spiro atoms. The van der Waals surface area contributed by atoms with Crippen molar-refractivity contribution in [3.05, 3.63) is 0 Å². The molecule has 0 amide bonds. The predicted molar refractivity (Wildman–Crippen MR) is 88.6 cm³/mol. The summed E-state index contributed by atoms with van der Waals surface area (Å²) in [6.07, 6.45) is 3.39. The zero-order valence-corrected chi connectivity index (χ0v) is 14.6. The molecule has 0 saturated carbocycles. The summed E-state index contributed by atoms with van der Waals surface area (Å²) in [5.74, 6) is 1.61. The fraction of sp³-hybridized carbons (Fsp3) is 0.786. The van der Waals surface area contributed by atoms with Crippen LogP contribution in [0.2, 0.25) is 0 Å². The quantitative estimate of drug-likeness (QED) is 0.918. The van der Waals surface area contributed by atoms with Gasteiger partial charge in [0.15, 0.2) is 15.7 Å². The van der Waals surface area contributed by atoms with Crippen molar-refractivity contribution in [2.75, 3.05) is 29.5 Å². The molecule has 0 aromatic carbocycles. The van der Waals surface area contributed by atoms with E-state index >= 15 is 0 Å². The first kappa shape index (κ1) is 16.5. The molecule has 120 valence electrons. The van der Waals surface area contributed by atoms with Gasteiger partial charge in [0.05, 0.1) is 5.75 Å². The SMILES string of the molecule is CCS(=O)(=O)c1c(N)nsc1N1CCCC(C(C)C)CC1. The molecule has 7 heteroatoms. The van der Waals surface area contributed by atoms with Gasteiger partial charge in [-0.05, 0) is 42.6 Å². The smallest absolute Gasteiger partial charge is 0.184 e.